The first-order chi connectivity index (χ1) is 18.3. The van der Waals surface area contributed by atoms with E-state index < -0.39 is 47.1 Å². The Labute approximate surface area is 231 Å². The predicted molar refractivity (Wildman–Crippen MR) is 144 cm³/mol. The maximum Gasteiger partial charge on any atom is 0.289 e. The number of nitrogens with one attached hydrogen (secondary N) is 4. The Bertz CT molecular complexity index is 966. The van der Waals surface area contributed by atoms with Crippen molar-refractivity contribution in [1.82, 2.24) is 26.2 Å². The summed E-state index contributed by atoms with van der Waals surface area (Å²) in [5.41, 5.74) is -0.682. The molecule has 3 fully saturated rings. The number of hydrogen-bond acceptors (Lipinski definition) is 6. The van der Waals surface area contributed by atoms with E-state index in [2.05, 4.69) is 21.3 Å². The fourth-order valence-corrected chi connectivity index (χ4v) is 5.13. The minimum absolute atomic E-state index is 0.00517. The number of rotatable bonds is 11. The lowest BCUT2D eigenvalue weighted by atomic mass is 9.89. The summed E-state index contributed by atoms with van der Waals surface area (Å²) in [6, 6.07) is -2.96. The maximum atomic E-state index is 13.6. The van der Waals surface area contributed by atoms with Gasteiger partial charge in [0.1, 0.15) is 12.1 Å². The van der Waals surface area contributed by atoms with Crippen molar-refractivity contribution >= 4 is 35.3 Å². The lowest BCUT2D eigenvalue weighted by molar-refractivity contribution is -0.145. The van der Waals surface area contributed by atoms with Gasteiger partial charge in [-0.25, -0.2) is 0 Å². The van der Waals surface area contributed by atoms with E-state index in [1.165, 1.54) is 11.9 Å². The van der Waals surface area contributed by atoms with Gasteiger partial charge in [0.25, 0.3) is 5.91 Å². The first-order valence-electron chi connectivity index (χ1n) is 14.3. The van der Waals surface area contributed by atoms with Crippen molar-refractivity contribution in [3.63, 3.8) is 0 Å². The van der Waals surface area contributed by atoms with Crippen LogP contribution in [-0.2, 0) is 28.8 Å². The summed E-state index contributed by atoms with van der Waals surface area (Å²) in [6.07, 6.45) is 6.48. The topological polar surface area (TPSA) is 154 Å². The molecule has 1 saturated heterocycles. The van der Waals surface area contributed by atoms with E-state index in [0.717, 1.165) is 44.9 Å². The Morgan fingerprint density at radius 1 is 0.974 bits per heavy atom. The largest absolute Gasteiger partial charge is 0.356 e. The summed E-state index contributed by atoms with van der Waals surface area (Å²) in [7, 11) is 1.50. The molecule has 4 atom stereocenters. The molecule has 11 heteroatoms. The van der Waals surface area contributed by atoms with E-state index in [1.54, 1.807) is 27.7 Å². The fourth-order valence-electron chi connectivity index (χ4n) is 5.13. The lowest BCUT2D eigenvalue weighted by Gasteiger charge is -2.33. The van der Waals surface area contributed by atoms with Crippen LogP contribution in [0, 0.1) is 17.3 Å². The number of carbonyl (C=O) groups excluding carboxylic acids is 6. The van der Waals surface area contributed by atoms with Gasteiger partial charge in [-0.1, -0.05) is 33.6 Å². The lowest BCUT2D eigenvalue weighted by Crippen LogP contribution is -2.58. The minimum atomic E-state index is -1.19. The van der Waals surface area contributed by atoms with Crippen molar-refractivity contribution in [2.24, 2.45) is 17.3 Å². The second kappa shape index (κ2) is 12.9. The van der Waals surface area contributed by atoms with Gasteiger partial charge in [-0.2, -0.15) is 0 Å². The van der Waals surface area contributed by atoms with Crippen molar-refractivity contribution in [3.8, 4) is 0 Å². The van der Waals surface area contributed by atoms with Crippen molar-refractivity contribution < 1.29 is 28.8 Å². The molecule has 0 aromatic heterocycles. The fraction of sp³-hybridized carbons (Fsp3) is 0.786. The molecule has 1 aliphatic heterocycles. The maximum absolute atomic E-state index is 13.6. The molecular weight excluding hydrogens is 502 g/mol. The second-order valence-electron chi connectivity index (χ2n) is 12.4. The molecular formula is C28H45N5O6. The Morgan fingerprint density at radius 3 is 2.18 bits per heavy atom. The number of ketones is 1. The predicted octanol–water partition coefficient (Wildman–Crippen LogP) is 0.803. The molecule has 2 saturated carbocycles. The van der Waals surface area contributed by atoms with E-state index in [1.807, 2.05) is 0 Å². The first kappa shape index (κ1) is 30.6. The van der Waals surface area contributed by atoms with Crippen molar-refractivity contribution in [2.75, 3.05) is 13.6 Å². The van der Waals surface area contributed by atoms with Crippen molar-refractivity contribution in [2.45, 2.75) is 110 Å². The third kappa shape index (κ3) is 8.25. The molecule has 0 bridgehead atoms. The monoisotopic (exact) mass is 547 g/mol. The molecule has 4 N–H and O–H groups in total. The number of nitrogens with zero attached hydrogens (tertiary/aromatic N) is 1. The van der Waals surface area contributed by atoms with Crippen LogP contribution in [0.1, 0.15) is 85.5 Å². The normalized spacial score (nSPS) is 22.2. The van der Waals surface area contributed by atoms with Crippen LogP contribution in [0.4, 0.5) is 0 Å². The quantitative estimate of drug-likeness (QED) is 0.281. The molecule has 0 aromatic carbocycles. The minimum Gasteiger partial charge on any atom is -0.356 e. The second-order valence-corrected chi connectivity index (χ2v) is 12.4. The van der Waals surface area contributed by atoms with Gasteiger partial charge < -0.3 is 26.2 Å². The molecule has 39 heavy (non-hydrogen) atoms. The number of Topliss-reactive ketones (excluding diaryl/α,β-unsaturated/α-hetero) is 1. The molecule has 5 amide bonds. The van der Waals surface area contributed by atoms with E-state index >= 15 is 0 Å². The molecule has 11 nitrogen and oxygen atoms in total. The van der Waals surface area contributed by atoms with Gasteiger partial charge in [-0.3, -0.25) is 28.8 Å². The SMILES string of the molecule is C[C@@H](C(=O)N[C@@H](C[C@@H]1CCCNC1=O)C(=O)C(=O)NC1CC1)N(C)C(=O)[C@H](NC(=O)C(C)(C)C)C1CCCC1. The summed E-state index contributed by atoms with van der Waals surface area (Å²) in [5, 5.41) is 11.0. The Balaban J connectivity index is 1.72. The number of hydrogen-bond donors (Lipinski definition) is 4. The number of amides is 5. The third-order valence-electron chi connectivity index (χ3n) is 8.10. The Hall–Kier alpha value is -2.98. The van der Waals surface area contributed by atoms with Crippen LogP contribution in [-0.4, -0.2) is 78.0 Å². The van der Waals surface area contributed by atoms with Crippen molar-refractivity contribution in [1.29, 1.82) is 0 Å². The molecule has 3 aliphatic rings. The molecule has 2 aliphatic carbocycles. The van der Waals surface area contributed by atoms with E-state index in [9.17, 15) is 28.8 Å². The number of likely N-dealkylation sites (N-methyl/N-ethyl adjacent to an activating group) is 1. The summed E-state index contributed by atoms with van der Waals surface area (Å²) in [4.78, 5) is 79.0. The van der Waals surface area contributed by atoms with Crippen LogP contribution in [0.5, 0.6) is 0 Å². The molecule has 3 rings (SSSR count). The van der Waals surface area contributed by atoms with Crippen LogP contribution < -0.4 is 21.3 Å². The van der Waals surface area contributed by atoms with E-state index in [-0.39, 0.29) is 36.1 Å². The average Bonchev–Trinajstić information content (AvgIpc) is 3.53. The summed E-state index contributed by atoms with van der Waals surface area (Å²) < 4.78 is 0. The van der Waals surface area contributed by atoms with Crippen LogP contribution in [0.2, 0.25) is 0 Å². The zero-order valence-corrected chi connectivity index (χ0v) is 23.9. The molecule has 218 valence electrons. The van der Waals surface area contributed by atoms with Gasteiger partial charge >= 0.3 is 0 Å². The summed E-state index contributed by atoms with van der Waals surface area (Å²) >= 11 is 0. The smallest absolute Gasteiger partial charge is 0.289 e. The van der Waals surface area contributed by atoms with Crippen molar-refractivity contribution in [3.05, 3.63) is 0 Å². The zero-order valence-electron chi connectivity index (χ0n) is 23.9. The molecule has 0 spiro atoms. The van der Waals surface area contributed by atoms with E-state index in [4.69, 9.17) is 0 Å². The Kier molecular flexibility index (Phi) is 10.1. The van der Waals surface area contributed by atoms with Crippen LogP contribution in [0.3, 0.4) is 0 Å². The highest BCUT2D eigenvalue weighted by atomic mass is 16.2. The van der Waals surface area contributed by atoms with Gasteiger partial charge in [-0.05, 0) is 57.8 Å². The average molecular weight is 548 g/mol. The molecule has 0 aromatic rings. The zero-order chi connectivity index (χ0) is 28.9. The van der Waals surface area contributed by atoms with Gasteiger partial charge in [0, 0.05) is 31.0 Å². The third-order valence-corrected chi connectivity index (χ3v) is 8.10. The first-order valence-corrected chi connectivity index (χ1v) is 14.3. The number of carbonyl (C=O) groups is 6. The molecule has 1 heterocycles. The molecule has 0 unspecified atom stereocenters. The Morgan fingerprint density at radius 2 is 1.62 bits per heavy atom. The van der Waals surface area contributed by atoms with Gasteiger partial charge in [0.2, 0.25) is 29.4 Å². The summed E-state index contributed by atoms with van der Waals surface area (Å²) in [6.45, 7) is 7.44. The highest BCUT2D eigenvalue weighted by Gasteiger charge is 2.40. The van der Waals surface area contributed by atoms with Gasteiger partial charge in [0.15, 0.2) is 0 Å². The number of piperidine rings is 1. The van der Waals surface area contributed by atoms with Gasteiger partial charge in [-0.15, -0.1) is 0 Å². The molecule has 0 radical (unpaired) electrons. The van der Waals surface area contributed by atoms with E-state index in [0.29, 0.717) is 13.0 Å². The highest BCUT2D eigenvalue weighted by Crippen LogP contribution is 2.30. The highest BCUT2D eigenvalue weighted by molar-refractivity contribution is 6.38. The van der Waals surface area contributed by atoms with Crippen LogP contribution in [0.15, 0.2) is 0 Å². The van der Waals surface area contributed by atoms with Crippen LogP contribution >= 0.6 is 0 Å². The summed E-state index contributed by atoms with van der Waals surface area (Å²) in [5.74, 6) is -3.52. The standard InChI is InChI=1S/C28H45N5O6/c1-16(33(5)26(38)21(17-9-6-7-10-17)32-27(39)28(2,3)4)23(35)31-20(15-18-11-8-14-29-24(18)36)22(34)25(37)30-19-12-13-19/h16-21H,6-15H2,1-5H3,(H,29,36)(H,30,37)(H,31,35)(H,32,39)/t16-,18-,20-,21+/m0/s1. The van der Waals surface area contributed by atoms with Crippen LogP contribution in [0.25, 0.3) is 0 Å². The van der Waals surface area contributed by atoms with Gasteiger partial charge in [0.05, 0.1) is 6.04 Å².